The first-order valence-corrected chi connectivity index (χ1v) is 24.1. The highest BCUT2D eigenvalue weighted by Gasteiger charge is 2.31. The number of hydrogen-bond donors (Lipinski definition) is 18. The van der Waals surface area contributed by atoms with E-state index in [1.54, 1.807) is 14.1 Å². The summed E-state index contributed by atoms with van der Waals surface area (Å²) in [5, 5.41) is 133. The SMILES string of the molecule is C1CNCCN1.CN(C)N=Nc1nc[nH]c1C(N)=O.OC(CBr)C(O)C(O)C(O)CBr.O[C@@H]([C@H](O)[C@H](O)CBr)[C@H](O)CBr.O[C@@H]([C@H](O)[C@H](O)CNCCCl)[C@H](O)CNCCCl. The zero-order chi connectivity index (χ0) is 47.5. The lowest BCUT2D eigenvalue weighted by Gasteiger charge is -2.26. The topological polar surface area (TPSA) is 391 Å². The van der Waals surface area contributed by atoms with E-state index in [0.717, 1.165) is 26.2 Å². The number of halogens is 6. The number of aliphatic hydroxyl groups is 12. The van der Waals surface area contributed by atoms with Gasteiger partial charge in [0.15, 0.2) is 5.69 Å². The molecule has 23 nitrogen and oxygen atoms in total. The second kappa shape index (κ2) is 41.4. The molecular formula is C32H66Br4Cl2N10O13. The number of rotatable bonds is 24. The molecule has 364 valence electrons. The highest BCUT2D eigenvalue weighted by molar-refractivity contribution is 9.09. The molecule has 0 aliphatic carbocycles. The molecule has 0 saturated carbocycles. The van der Waals surface area contributed by atoms with Gasteiger partial charge in [0.2, 0.25) is 5.82 Å². The van der Waals surface area contributed by atoms with Crippen molar-refractivity contribution in [3.8, 4) is 0 Å². The van der Waals surface area contributed by atoms with Gasteiger partial charge >= 0.3 is 0 Å². The highest BCUT2D eigenvalue weighted by atomic mass is 79.9. The van der Waals surface area contributed by atoms with Gasteiger partial charge in [-0.3, -0.25) is 9.80 Å². The molecule has 1 aliphatic rings. The number of primary amides is 1. The Hall–Kier alpha value is -0.0600. The number of hydrogen-bond acceptors (Lipinski definition) is 20. The fraction of sp³-hybridized carbons (Fsp3) is 0.875. The summed E-state index contributed by atoms with van der Waals surface area (Å²) in [5.74, 6) is 0.360. The normalized spacial score (nSPS) is 18.5. The molecule has 1 aliphatic heterocycles. The van der Waals surface area contributed by atoms with Gasteiger partial charge in [-0.2, -0.15) is 0 Å². The highest BCUT2D eigenvalue weighted by Crippen LogP contribution is 2.13. The Morgan fingerprint density at radius 3 is 1.23 bits per heavy atom. The number of carbonyl (C=O) groups excluding carboxylic acids is 1. The van der Waals surface area contributed by atoms with Crippen LogP contribution in [0.25, 0.3) is 0 Å². The van der Waals surface area contributed by atoms with Crippen LogP contribution in [-0.2, 0) is 0 Å². The Balaban J connectivity index is -0.000000710. The van der Waals surface area contributed by atoms with Crippen molar-refractivity contribution in [3.05, 3.63) is 12.0 Å². The fourth-order valence-corrected chi connectivity index (χ4v) is 5.68. The number of aromatic nitrogens is 2. The molecule has 0 spiro atoms. The number of H-pyrrole nitrogens is 1. The molecule has 2 rings (SSSR count). The Bertz CT molecular complexity index is 1120. The Morgan fingerprint density at radius 2 is 0.984 bits per heavy atom. The van der Waals surface area contributed by atoms with Crippen LogP contribution in [0, 0.1) is 0 Å². The first-order valence-electron chi connectivity index (χ1n) is 18.5. The van der Waals surface area contributed by atoms with Crippen LogP contribution < -0.4 is 27.0 Å². The summed E-state index contributed by atoms with van der Waals surface area (Å²) in [6, 6.07) is 0. The van der Waals surface area contributed by atoms with Gasteiger partial charge in [-0.15, -0.1) is 28.3 Å². The summed E-state index contributed by atoms with van der Waals surface area (Å²) in [6.45, 7) is 5.71. The molecule has 1 saturated heterocycles. The van der Waals surface area contributed by atoms with Crippen LogP contribution in [-0.4, -0.2) is 255 Å². The second-order valence-corrected chi connectivity index (χ2v) is 16.1. The first kappa shape index (κ1) is 65.2. The van der Waals surface area contributed by atoms with Gasteiger partial charge < -0.3 is 93.3 Å². The molecule has 19 N–H and O–H groups in total. The van der Waals surface area contributed by atoms with Crippen molar-refractivity contribution in [2.75, 3.05) is 99.5 Å². The van der Waals surface area contributed by atoms with Crippen molar-refractivity contribution >= 4 is 98.6 Å². The number of alkyl halides is 6. The maximum Gasteiger partial charge on any atom is 0.269 e. The smallest absolute Gasteiger partial charge is 0.269 e. The number of aromatic amines is 1. The van der Waals surface area contributed by atoms with Crippen molar-refractivity contribution in [2.24, 2.45) is 16.1 Å². The van der Waals surface area contributed by atoms with Crippen LogP contribution in [0.3, 0.4) is 0 Å². The van der Waals surface area contributed by atoms with E-state index in [9.17, 15) is 45.6 Å². The van der Waals surface area contributed by atoms with E-state index >= 15 is 0 Å². The van der Waals surface area contributed by atoms with Crippen LogP contribution in [0.2, 0.25) is 0 Å². The molecule has 61 heavy (non-hydrogen) atoms. The molecule has 2 heterocycles. The Morgan fingerprint density at radius 1 is 0.672 bits per heavy atom. The summed E-state index contributed by atoms with van der Waals surface area (Å²) >= 11 is 22.6. The molecular weight excluding hydrogens is 1120 g/mol. The third kappa shape index (κ3) is 32.3. The third-order valence-corrected chi connectivity index (χ3v) is 10.5. The molecule has 12 atom stereocenters. The van der Waals surface area contributed by atoms with E-state index in [1.807, 2.05) is 0 Å². The minimum absolute atomic E-state index is 0.0901. The molecule has 1 aromatic rings. The van der Waals surface area contributed by atoms with Crippen LogP contribution >= 0.6 is 86.9 Å². The average molecular weight is 1190 g/mol. The van der Waals surface area contributed by atoms with Crippen molar-refractivity contribution in [2.45, 2.75) is 73.2 Å². The van der Waals surface area contributed by atoms with Gasteiger partial charge in [-0.25, -0.2) is 4.98 Å². The number of nitrogens with zero attached hydrogens (tertiary/aromatic N) is 4. The molecule has 0 radical (unpaired) electrons. The Labute approximate surface area is 399 Å². The second-order valence-electron chi connectivity index (χ2n) is 12.8. The van der Waals surface area contributed by atoms with Crippen LogP contribution in [0.15, 0.2) is 16.7 Å². The van der Waals surface area contributed by atoms with Crippen molar-refractivity contribution in [1.82, 2.24) is 36.2 Å². The van der Waals surface area contributed by atoms with Gasteiger partial charge in [0.1, 0.15) is 36.6 Å². The molecule has 29 heteroatoms. The number of nitrogens with one attached hydrogen (secondary N) is 5. The molecule has 1 amide bonds. The minimum Gasteiger partial charge on any atom is -0.389 e. The number of aliphatic hydroxyl groups excluding tert-OH is 12. The van der Waals surface area contributed by atoms with E-state index in [-0.39, 0.29) is 45.9 Å². The predicted octanol–water partition coefficient (Wildman–Crippen LogP) is -4.23. The maximum atomic E-state index is 10.8. The largest absolute Gasteiger partial charge is 0.389 e. The van der Waals surface area contributed by atoms with E-state index < -0.39 is 79.2 Å². The molecule has 1 aromatic heterocycles. The lowest BCUT2D eigenvalue weighted by molar-refractivity contribution is -0.102. The lowest BCUT2D eigenvalue weighted by atomic mass is 10.0. The van der Waals surface area contributed by atoms with E-state index in [4.69, 9.17) is 49.4 Å². The molecule has 0 bridgehead atoms. The summed E-state index contributed by atoms with van der Waals surface area (Å²) in [7, 11) is 3.42. The van der Waals surface area contributed by atoms with Crippen LogP contribution in [0.5, 0.6) is 0 Å². The number of carbonyl (C=O) groups is 1. The zero-order valence-electron chi connectivity index (χ0n) is 33.8. The Kier molecular flexibility index (Phi) is 44.2. The van der Waals surface area contributed by atoms with Crippen molar-refractivity contribution in [3.63, 3.8) is 0 Å². The quantitative estimate of drug-likeness (QED) is 0.0202. The standard InChI is InChI=1S/C10H22Cl2N2O4.2C6H12Br2O4.C6H10N6O.C4H10N2/c11-1-3-13-5-7(15)9(17)10(18)8(16)6-14-4-2-12;2*7-1-3(9)5(11)6(12)4(10)2-8;1-12(2)11-10-6-4(5(7)13)8-3-9-6;1-2-6-4-3-5-1/h7-10,13-18H,1-6H2;2*3-6,9-12H,1-2H2;3H,1-2H3,(H2,7,13)(H,8,9);5-6H,1-4H2/t7-,8-,9-,10-;3-,4-,5-,6-;;;/m11.../s1. The predicted molar refractivity (Wildman–Crippen MR) is 245 cm³/mol. The number of piperazine rings is 1. The summed E-state index contributed by atoms with van der Waals surface area (Å²) in [6.07, 6.45) is -13.5. The molecule has 4 unspecified atom stereocenters. The number of imidazole rings is 1. The van der Waals surface area contributed by atoms with Gasteiger partial charge in [-0.05, 0) is 0 Å². The summed E-state index contributed by atoms with van der Waals surface area (Å²) in [5.41, 5.74) is 5.20. The van der Waals surface area contributed by atoms with Crippen molar-refractivity contribution < 1.29 is 66.1 Å². The van der Waals surface area contributed by atoms with E-state index in [1.165, 1.54) is 11.3 Å². The maximum absolute atomic E-state index is 10.8. The lowest BCUT2D eigenvalue weighted by Crippen LogP contribution is -2.50. The van der Waals surface area contributed by atoms with E-state index in [2.05, 4.69) is 105 Å². The fourth-order valence-electron chi connectivity index (χ4n) is 3.89. The zero-order valence-corrected chi connectivity index (χ0v) is 41.7. The number of amides is 1. The van der Waals surface area contributed by atoms with Gasteiger partial charge in [0.05, 0.1) is 43.0 Å². The van der Waals surface area contributed by atoms with Gasteiger partial charge in [-0.1, -0.05) is 68.9 Å². The third-order valence-electron chi connectivity index (χ3n) is 7.44. The monoisotopic (exact) mass is 1180 g/mol. The minimum atomic E-state index is -1.43. The summed E-state index contributed by atoms with van der Waals surface area (Å²) in [4.78, 5) is 17.1. The van der Waals surface area contributed by atoms with Gasteiger partial charge in [0.25, 0.3) is 5.91 Å². The summed E-state index contributed by atoms with van der Waals surface area (Å²) < 4.78 is 0. The molecule has 1 fully saturated rings. The first-order chi connectivity index (χ1) is 28.7. The van der Waals surface area contributed by atoms with Gasteiger partial charge in [0, 0.05) is 99.5 Å². The number of nitrogens with two attached hydrogens (primary N) is 1. The van der Waals surface area contributed by atoms with E-state index in [0.29, 0.717) is 24.8 Å². The van der Waals surface area contributed by atoms with Crippen LogP contribution in [0.4, 0.5) is 5.82 Å². The average Bonchev–Trinajstić information content (AvgIpc) is 3.76. The van der Waals surface area contributed by atoms with Crippen molar-refractivity contribution in [1.29, 1.82) is 0 Å². The van der Waals surface area contributed by atoms with Crippen LogP contribution in [0.1, 0.15) is 10.5 Å². The molecule has 0 aromatic carbocycles.